The van der Waals surface area contributed by atoms with Crippen LogP contribution in [-0.2, 0) is 5.54 Å². The summed E-state index contributed by atoms with van der Waals surface area (Å²) < 4.78 is 0. The molecule has 2 fully saturated rings. The maximum atomic E-state index is 3.79. The fraction of sp³-hybridized carbons (Fsp3) is 0.667. The summed E-state index contributed by atoms with van der Waals surface area (Å²) in [6.45, 7) is 10.6. The summed E-state index contributed by atoms with van der Waals surface area (Å²) >= 11 is 0. The average Bonchev–Trinajstić information content (AvgIpc) is 3.26. The van der Waals surface area contributed by atoms with E-state index in [1.807, 2.05) is 0 Å². The number of hydrogen-bond donors (Lipinski definition) is 1. The topological polar surface area (TPSA) is 15.3 Å². The fourth-order valence-corrected chi connectivity index (χ4v) is 3.36. The van der Waals surface area contributed by atoms with Crippen molar-refractivity contribution in [3.8, 4) is 0 Å². The average molecular weight is 272 g/mol. The largest absolute Gasteiger partial charge is 0.310 e. The molecule has 2 atom stereocenters. The van der Waals surface area contributed by atoms with Crippen LogP contribution < -0.4 is 5.32 Å². The van der Waals surface area contributed by atoms with Gasteiger partial charge in [0.15, 0.2) is 0 Å². The Morgan fingerprint density at radius 1 is 1.25 bits per heavy atom. The monoisotopic (exact) mass is 272 g/mol. The molecule has 1 aromatic rings. The van der Waals surface area contributed by atoms with Gasteiger partial charge in [0.05, 0.1) is 5.54 Å². The summed E-state index contributed by atoms with van der Waals surface area (Å²) in [5.41, 5.74) is 1.60. The van der Waals surface area contributed by atoms with E-state index in [1.54, 1.807) is 0 Å². The molecular formula is C18H28N2. The molecule has 2 heteroatoms. The minimum Gasteiger partial charge on any atom is -0.310 e. The zero-order valence-electron chi connectivity index (χ0n) is 13.1. The van der Waals surface area contributed by atoms with Gasteiger partial charge in [-0.3, -0.25) is 4.90 Å². The Morgan fingerprint density at radius 2 is 1.95 bits per heavy atom. The zero-order chi connectivity index (χ0) is 14.2. The highest BCUT2D eigenvalue weighted by molar-refractivity contribution is 5.25. The minimum absolute atomic E-state index is 0.148. The summed E-state index contributed by atoms with van der Waals surface area (Å²) in [6.07, 6.45) is 2.86. The summed E-state index contributed by atoms with van der Waals surface area (Å²) in [5, 5.41) is 3.79. The van der Waals surface area contributed by atoms with Crippen LogP contribution in [0.1, 0.15) is 39.2 Å². The molecule has 0 spiro atoms. The molecule has 1 saturated carbocycles. The van der Waals surface area contributed by atoms with E-state index in [2.05, 4.69) is 61.3 Å². The second kappa shape index (κ2) is 5.50. The van der Waals surface area contributed by atoms with Gasteiger partial charge in [-0.05, 0) is 37.2 Å². The lowest BCUT2D eigenvalue weighted by Gasteiger charge is -2.49. The van der Waals surface area contributed by atoms with Crippen LogP contribution in [0.25, 0.3) is 0 Å². The SMILES string of the molecule is CC(C)C1CN(CC2CC2)C(C)(c2ccccc2)CN1. The Balaban J connectivity index is 1.83. The third-order valence-corrected chi connectivity index (χ3v) is 5.20. The standard InChI is InChI=1S/C18H28N2/c1-14(2)17-12-20(11-15-9-10-15)18(3,13-19-17)16-7-5-4-6-8-16/h4-8,14-15,17,19H,9-13H2,1-3H3. The van der Waals surface area contributed by atoms with E-state index in [4.69, 9.17) is 0 Å². The highest BCUT2D eigenvalue weighted by Gasteiger charge is 2.41. The van der Waals surface area contributed by atoms with Crippen molar-refractivity contribution in [2.45, 2.75) is 45.2 Å². The van der Waals surface area contributed by atoms with Crippen LogP contribution >= 0.6 is 0 Å². The Hall–Kier alpha value is -0.860. The molecule has 1 N–H and O–H groups in total. The maximum Gasteiger partial charge on any atom is 0.0558 e. The summed E-state index contributed by atoms with van der Waals surface area (Å²) in [6, 6.07) is 11.7. The van der Waals surface area contributed by atoms with E-state index in [9.17, 15) is 0 Å². The highest BCUT2D eigenvalue weighted by atomic mass is 15.3. The number of nitrogens with one attached hydrogen (secondary N) is 1. The predicted molar refractivity (Wildman–Crippen MR) is 84.7 cm³/mol. The smallest absolute Gasteiger partial charge is 0.0558 e. The van der Waals surface area contributed by atoms with Crippen LogP contribution in [0.5, 0.6) is 0 Å². The first kappa shape index (κ1) is 14.1. The van der Waals surface area contributed by atoms with E-state index in [-0.39, 0.29) is 5.54 Å². The van der Waals surface area contributed by atoms with Gasteiger partial charge in [0.2, 0.25) is 0 Å². The molecule has 110 valence electrons. The van der Waals surface area contributed by atoms with E-state index in [0.29, 0.717) is 12.0 Å². The van der Waals surface area contributed by atoms with Gasteiger partial charge in [0.25, 0.3) is 0 Å². The number of benzene rings is 1. The summed E-state index contributed by atoms with van der Waals surface area (Å²) in [5.74, 6) is 1.65. The zero-order valence-corrected chi connectivity index (χ0v) is 13.1. The van der Waals surface area contributed by atoms with Crippen molar-refractivity contribution in [3.63, 3.8) is 0 Å². The van der Waals surface area contributed by atoms with Crippen molar-refractivity contribution >= 4 is 0 Å². The van der Waals surface area contributed by atoms with E-state index in [1.165, 1.54) is 31.5 Å². The van der Waals surface area contributed by atoms with Gasteiger partial charge in [-0.25, -0.2) is 0 Å². The van der Waals surface area contributed by atoms with Crippen molar-refractivity contribution < 1.29 is 0 Å². The first-order valence-electron chi connectivity index (χ1n) is 8.13. The molecule has 0 radical (unpaired) electrons. The number of rotatable bonds is 4. The number of nitrogens with zero attached hydrogens (tertiary/aromatic N) is 1. The van der Waals surface area contributed by atoms with Crippen molar-refractivity contribution in [1.29, 1.82) is 0 Å². The van der Waals surface area contributed by atoms with E-state index >= 15 is 0 Å². The molecule has 0 amide bonds. The fourth-order valence-electron chi connectivity index (χ4n) is 3.36. The lowest BCUT2D eigenvalue weighted by molar-refractivity contribution is 0.0349. The summed E-state index contributed by atoms with van der Waals surface area (Å²) in [4.78, 5) is 2.75. The predicted octanol–water partition coefficient (Wildman–Crippen LogP) is 3.24. The lowest BCUT2D eigenvalue weighted by Crippen LogP contribution is -2.63. The molecule has 1 aliphatic heterocycles. The third kappa shape index (κ3) is 2.77. The molecule has 2 aliphatic rings. The van der Waals surface area contributed by atoms with Crippen LogP contribution in [0, 0.1) is 11.8 Å². The van der Waals surface area contributed by atoms with Gasteiger partial charge in [0.1, 0.15) is 0 Å². The number of hydrogen-bond acceptors (Lipinski definition) is 2. The minimum atomic E-state index is 0.148. The molecule has 3 rings (SSSR count). The molecule has 20 heavy (non-hydrogen) atoms. The van der Waals surface area contributed by atoms with Crippen molar-refractivity contribution in [1.82, 2.24) is 10.2 Å². The Labute approximate surface area is 123 Å². The molecule has 2 unspecified atom stereocenters. The highest BCUT2D eigenvalue weighted by Crippen LogP contribution is 2.37. The molecule has 1 heterocycles. The first-order chi connectivity index (χ1) is 9.59. The Bertz CT molecular complexity index is 438. The molecule has 2 nitrogen and oxygen atoms in total. The third-order valence-electron chi connectivity index (χ3n) is 5.20. The van der Waals surface area contributed by atoms with Gasteiger partial charge in [-0.1, -0.05) is 44.2 Å². The second-order valence-corrected chi connectivity index (χ2v) is 7.22. The van der Waals surface area contributed by atoms with Crippen molar-refractivity contribution in [3.05, 3.63) is 35.9 Å². The molecule has 1 aliphatic carbocycles. The first-order valence-corrected chi connectivity index (χ1v) is 8.13. The van der Waals surface area contributed by atoms with Gasteiger partial charge in [-0.2, -0.15) is 0 Å². The van der Waals surface area contributed by atoms with Crippen LogP contribution in [0.4, 0.5) is 0 Å². The van der Waals surface area contributed by atoms with Gasteiger partial charge >= 0.3 is 0 Å². The number of piperazine rings is 1. The van der Waals surface area contributed by atoms with Gasteiger partial charge in [0, 0.05) is 25.7 Å². The van der Waals surface area contributed by atoms with Crippen molar-refractivity contribution in [2.24, 2.45) is 11.8 Å². The summed E-state index contributed by atoms with van der Waals surface area (Å²) in [7, 11) is 0. The Kier molecular flexibility index (Phi) is 3.87. The van der Waals surface area contributed by atoms with Gasteiger partial charge in [-0.15, -0.1) is 0 Å². The van der Waals surface area contributed by atoms with Crippen LogP contribution in [0.2, 0.25) is 0 Å². The van der Waals surface area contributed by atoms with Crippen LogP contribution in [0.15, 0.2) is 30.3 Å². The second-order valence-electron chi connectivity index (χ2n) is 7.22. The van der Waals surface area contributed by atoms with Crippen LogP contribution in [-0.4, -0.2) is 30.6 Å². The molecule has 0 aromatic heterocycles. The quantitative estimate of drug-likeness (QED) is 0.905. The maximum absolute atomic E-state index is 3.79. The Morgan fingerprint density at radius 3 is 2.55 bits per heavy atom. The normalized spacial score (nSPS) is 31.7. The molecule has 1 saturated heterocycles. The van der Waals surface area contributed by atoms with Gasteiger partial charge < -0.3 is 5.32 Å². The molecule has 0 bridgehead atoms. The van der Waals surface area contributed by atoms with E-state index < -0.39 is 0 Å². The van der Waals surface area contributed by atoms with E-state index in [0.717, 1.165) is 12.5 Å². The molecule has 1 aromatic carbocycles. The molecular weight excluding hydrogens is 244 g/mol. The van der Waals surface area contributed by atoms with Crippen molar-refractivity contribution in [2.75, 3.05) is 19.6 Å². The van der Waals surface area contributed by atoms with Crippen LogP contribution in [0.3, 0.4) is 0 Å². The lowest BCUT2D eigenvalue weighted by atomic mass is 9.85.